The van der Waals surface area contributed by atoms with Crippen molar-refractivity contribution < 1.29 is 13.5 Å². The second-order valence-electron chi connectivity index (χ2n) is 3.61. The molecule has 0 aromatic heterocycles. The predicted molar refractivity (Wildman–Crippen MR) is 59.6 cm³/mol. The number of halogens is 2. The number of hydrogen-bond acceptors (Lipinski definition) is 2. The van der Waals surface area contributed by atoms with E-state index in [0.29, 0.717) is 6.54 Å². The van der Waals surface area contributed by atoms with Gasteiger partial charge in [0, 0.05) is 0 Å². The van der Waals surface area contributed by atoms with Gasteiger partial charge >= 0.3 is 0 Å². The van der Waals surface area contributed by atoms with E-state index >= 15 is 0 Å². The third-order valence-corrected chi connectivity index (χ3v) is 2.06. The van der Waals surface area contributed by atoms with Crippen LogP contribution < -0.4 is 5.32 Å². The highest BCUT2D eigenvalue weighted by Gasteiger charge is 2.28. The first-order valence-electron chi connectivity index (χ1n) is 5.34. The molecule has 0 spiro atoms. The van der Waals surface area contributed by atoms with Crippen molar-refractivity contribution in [1.29, 1.82) is 0 Å². The fourth-order valence-corrected chi connectivity index (χ4v) is 1.25. The first-order valence-corrected chi connectivity index (χ1v) is 5.34. The highest BCUT2D eigenvalue weighted by atomic mass is 19.3. The SMILES string of the molecule is CCNCC(F)(F)COCc1ccccc1. The highest BCUT2D eigenvalue weighted by Crippen LogP contribution is 2.13. The van der Waals surface area contributed by atoms with Gasteiger partial charge in [0.05, 0.1) is 13.2 Å². The van der Waals surface area contributed by atoms with Crippen molar-refractivity contribution in [3.8, 4) is 0 Å². The number of benzene rings is 1. The zero-order valence-corrected chi connectivity index (χ0v) is 9.38. The van der Waals surface area contributed by atoms with E-state index in [4.69, 9.17) is 4.74 Å². The van der Waals surface area contributed by atoms with Crippen LogP contribution in [0.4, 0.5) is 8.78 Å². The number of rotatable bonds is 7. The fraction of sp³-hybridized carbons (Fsp3) is 0.500. The van der Waals surface area contributed by atoms with Crippen molar-refractivity contribution in [3.05, 3.63) is 35.9 Å². The molecule has 0 unspecified atom stereocenters. The van der Waals surface area contributed by atoms with E-state index in [9.17, 15) is 8.78 Å². The van der Waals surface area contributed by atoms with E-state index in [-0.39, 0.29) is 13.2 Å². The van der Waals surface area contributed by atoms with E-state index in [1.54, 1.807) is 6.92 Å². The van der Waals surface area contributed by atoms with Crippen molar-refractivity contribution in [1.82, 2.24) is 5.32 Å². The molecule has 0 aliphatic heterocycles. The maximum absolute atomic E-state index is 13.1. The summed E-state index contributed by atoms with van der Waals surface area (Å²) in [5.41, 5.74) is 0.904. The topological polar surface area (TPSA) is 21.3 Å². The lowest BCUT2D eigenvalue weighted by molar-refractivity contribution is -0.0790. The monoisotopic (exact) mass is 229 g/mol. The van der Waals surface area contributed by atoms with Crippen LogP contribution in [0.25, 0.3) is 0 Å². The second-order valence-corrected chi connectivity index (χ2v) is 3.61. The van der Waals surface area contributed by atoms with Crippen LogP contribution in [0.15, 0.2) is 30.3 Å². The Balaban J connectivity index is 2.24. The molecule has 4 heteroatoms. The summed E-state index contributed by atoms with van der Waals surface area (Å²) in [6, 6.07) is 9.29. The summed E-state index contributed by atoms with van der Waals surface area (Å²) in [6.07, 6.45) is 0. The molecule has 90 valence electrons. The van der Waals surface area contributed by atoms with Crippen LogP contribution in [0, 0.1) is 0 Å². The van der Waals surface area contributed by atoms with Crippen molar-refractivity contribution in [2.45, 2.75) is 19.5 Å². The normalized spacial score (nSPS) is 11.7. The van der Waals surface area contributed by atoms with Crippen LogP contribution in [0.3, 0.4) is 0 Å². The molecule has 0 aliphatic carbocycles. The number of ether oxygens (including phenoxy) is 1. The Labute approximate surface area is 94.6 Å². The lowest BCUT2D eigenvalue weighted by atomic mass is 10.2. The summed E-state index contributed by atoms with van der Waals surface area (Å²) >= 11 is 0. The highest BCUT2D eigenvalue weighted by molar-refractivity contribution is 5.13. The Hall–Kier alpha value is -1.00. The molecule has 0 saturated heterocycles. The third-order valence-electron chi connectivity index (χ3n) is 2.06. The molecule has 0 radical (unpaired) electrons. The van der Waals surface area contributed by atoms with Gasteiger partial charge in [0.15, 0.2) is 0 Å². The smallest absolute Gasteiger partial charge is 0.283 e. The first-order chi connectivity index (χ1) is 7.64. The molecule has 0 aliphatic rings. The standard InChI is InChI=1S/C12H17F2NO/c1-2-15-9-12(13,14)10-16-8-11-6-4-3-5-7-11/h3-7,15H,2,8-10H2,1H3. The molecule has 0 heterocycles. The van der Waals surface area contributed by atoms with Crippen LogP contribution in [0.5, 0.6) is 0 Å². The second kappa shape index (κ2) is 6.55. The largest absolute Gasteiger partial charge is 0.370 e. The van der Waals surface area contributed by atoms with Crippen molar-refractivity contribution in [2.75, 3.05) is 19.7 Å². The van der Waals surface area contributed by atoms with Gasteiger partial charge in [-0.25, -0.2) is 8.78 Å². The van der Waals surface area contributed by atoms with Gasteiger partial charge in [-0.05, 0) is 12.1 Å². The zero-order chi connectivity index (χ0) is 11.9. The van der Waals surface area contributed by atoms with Gasteiger partial charge in [-0.2, -0.15) is 0 Å². The molecule has 1 rings (SSSR count). The maximum Gasteiger partial charge on any atom is 0.283 e. The predicted octanol–water partition coefficient (Wildman–Crippen LogP) is 2.45. The molecular formula is C12H17F2NO. The molecule has 0 amide bonds. The van der Waals surface area contributed by atoms with E-state index < -0.39 is 12.5 Å². The fourth-order valence-electron chi connectivity index (χ4n) is 1.25. The van der Waals surface area contributed by atoms with Gasteiger partial charge in [0.25, 0.3) is 5.92 Å². The van der Waals surface area contributed by atoms with Crippen LogP contribution in [-0.4, -0.2) is 25.6 Å². The minimum Gasteiger partial charge on any atom is -0.370 e. The van der Waals surface area contributed by atoms with Crippen LogP contribution in [0.1, 0.15) is 12.5 Å². The van der Waals surface area contributed by atoms with Gasteiger partial charge in [-0.1, -0.05) is 37.3 Å². The molecule has 0 fully saturated rings. The minimum atomic E-state index is -2.80. The Bertz CT molecular complexity index is 290. The molecule has 0 bridgehead atoms. The average molecular weight is 229 g/mol. The summed E-state index contributed by atoms with van der Waals surface area (Å²) in [4.78, 5) is 0. The maximum atomic E-state index is 13.1. The molecule has 2 nitrogen and oxygen atoms in total. The zero-order valence-electron chi connectivity index (χ0n) is 9.38. The number of nitrogens with one attached hydrogen (secondary N) is 1. The Morgan fingerprint density at radius 2 is 1.94 bits per heavy atom. The molecule has 1 N–H and O–H groups in total. The Kier molecular flexibility index (Phi) is 5.35. The van der Waals surface area contributed by atoms with Gasteiger partial charge < -0.3 is 10.1 Å². The van der Waals surface area contributed by atoms with Crippen molar-refractivity contribution in [3.63, 3.8) is 0 Å². The van der Waals surface area contributed by atoms with Gasteiger partial charge in [-0.15, -0.1) is 0 Å². The third kappa shape index (κ3) is 5.19. The van der Waals surface area contributed by atoms with Gasteiger partial charge in [0.2, 0.25) is 0 Å². The Morgan fingerprint density at radius 1 is 1.25 bits per heavy atom. The Morgan fingerprint density at radius 3 is 2.56 bits per heavy atom. The van der Waals surface area contributed by atoms with Crippen molar-refractivity contribution >= 4 is 0 Å². The van der Waals surface area contributed by atoms with Crippen LogP contribution in [0.2, 0.25) is 0 Å². The molecule has 0 saturated carbocycles. The summed E-state index contributed by atoms with van der Waals surface area (Å²) < 4.78 is 31.2. The van der Waals surface area contributed by atoms with Crippen LogP contribution in [-0.2, 0) is 11.3 Å². The molecule has 1 aromatic rings. The summed E-state index contributed by atoms with van der Waals surface area (Å²) in [5, 5.41) is 2.61. The van der Waals surface area contributed by atoms with E-state index in [2.05, 4.69) is 5.32 Å². The van der Waals surface area contributed by atoms with Gasteiger partial charge in [0.1, 0.15) is 6.61 Å². The molecular weight excluding hydrogens is 212 g/mol. The van der Waals surface area contributed by atoms with E-state index in [1.807, 2.05) is 30.3 Å². The molecule has 1 aromatic carbocycles. The molecule has 16 heavy (non-hydrogen) atoms. The summed E-state index contributed by atoms with van der Waals surface area (Å²) in [7, 11) is 0. The first kappa shape index (κ1) is 13.1. The van der Waals surface area contributed by atoms with E-state index in [0.717, 1.165) is 5.56 Å². The summed E-state index contributed by atoms with van der Waals surface area (Å²) in [6.45, 7) is 1.67. The lowest BCUT2D eigenvalue weighted by Gasteiger charge is -2.16. The van der Waals surface area contributed by atoms with E-state index in [1.165, 1.54) is 0 Å². The van der Waals surface area contributed by atoms with Crippen LogP contribution >= 0.6 is 0 Å². The number of hydrogen-bond donors (Lipinski definition) is 1. The quantitative estimate of drug-likeness (QED) is 0.775. The lowest BCUT2D eigenvalue weighted by Crippen LogP contribution is -2.36. The molecule has 0 atom stereocenters. The number of alkyl halides is 2. The average Bonchev–Trinajstić information content (AvgIpc) is 2.28. The van der Waals surface area contributed by atoms with Gasteiger partial charge in [-0.3, -0.25) is 0 Å². The van der Waals surface area contributed by atoms with Crippen molar-refractivity contribution in [2.24, 2.45) is 0 Å². The summed E-state index contributed by atoms with van der Waals surface area (Å²) in [5.74, 6) is -2.80. The minimum absolute atomic E-state index is 0.225.